The van der Waals surface area contributed by atoms with Crippen LogP contribution in [-0.4, -0.2) is 67.0 Å². The maximum atomic E-state index is 12.4. The minimum Gasteiger partial charge on any atom is -0.492 e. The van der Waals surface area contributed by atoms with Crippen LogP contribution in [0.3, 0.4) is 0 Å². The molecule has 1 saturated heterocycles. The number of hydrogen-bond acceptors (Lipinski definition) is 4. The third-order valence-corrected chi connectivity index (χ3v) is 4.77. The van der Waals surface area contributed by atoms with Gasteiger partial charge in [0.25, 0.3) is 0 Å². The van der Waals surface area contributed by atoms with Gasteiger partial charge in [0.05, 0.1) is 12.6 Å². The highest BCUT2D eigenvalue weighted by molar-refractivity contribution is 5.81. The van der Waals surface area contributed by atoms with Crippen molar-refractivity contribution in [2.45, 2.75) is 39.7 Å². The molecule has 0 aromatic heterocycles. The average molecular weight is 361 g/mol. The molecule has 0 spiro atoms. The lowest BCUT2D eigenvalue weighted by Gasteiger charge is -2.27. The van der Waals surface area contributed by atoms with Crippen molar-refractivity contribution in [2.24, 2.45) is 0 Å². The molecular weight excluding hydrogens is 330 g/mol. The van der Waals surface area contributed by atoms with Gasteiger partial charge in [-0.2, -0.15) is 0 Å². The Morgan fingerprint density at radius 2 is 2.04 bits per heavy atom. The molecule has 6 heteroatoms. The van der Waals surface area contributed by atoms with E-state index in [0.29, 0.717) is 26.1 Å². The van der Waals surface area contributed by atoms with Crippen molar-refractivity contribution in [3.63, 3.8) is 0 Å². The van der Waals surface area contributed by atoms with Crippen molar-refractivity contribution in [2.75, 3.05) is 39.3 Å². The first-order valence-corrected chi connectivity index (χ1v) is 9.50. The molecule has 144 valence electrons. The van der Waals surface area contributed by atoms with E-state index in [4.69, 9.17) is 4.74 Å². The van der Waals surface area contributed by atoms with Gasteiger partial charge in [-0.05, 0) is 38.0 Å². The van der Waals surface area contributed by atoms with Crippen molar-refractivity contribution in [3.05, 3.63) is 29.8 Å². The molecule has 1 fully saturated rings. The first-order valence-electron chi connectivity index (χ1n) is 9.50. The van der Waals surface area contributed by atoms with Gasteiger partial charge in [0.2, 0.25) is 11.8 Å². The number of benzene rings is 1. The summed E-state index contributed by atoms with van der Waals surface area (Å²) in [5.74, 6) is 1.02. The second kappa shape index (κ2) is 10.2. The maximum absolute atomic E-state index is 12.4. The fourth-order valence-corrected chi connectivity index (χ4v) is 3.16. The van der Waals surface area contributed by atoms with E-state index < -0.39 is 0 Å². The highest BCUT2D eigenvalue weighted by atomic mass is 16.5. The Balaban J connectivity index is 1.72. The average Bonchev–Trinajstić information content (AvgIpc) is 2.90. The summed E-state index contributed by atoms with van der Waals surface area (Å²) in [6, 6.07) is 7.66. The Morgan fingerprint density at radius 3 is 2.77 bits per heavy atom. The molecule has 1 aliphatic rings. The Hall–Kier alpha value is -2.08. The predicted molar refractivity (Wildman–Crippen MR) is 102 cm³/mol. The SMILES string of the molecule is CCC(=O)N1CCCN(C(C)C(=O)NCCOc2cccc(C)c2)CC1. The standard InChI is InChI=1S/C20H31N3O3/c1-4-19(24)23-11-6-10-22(12-13-23)17(3)20(25)21-9-14-26-18-8-5-7-16(2)15-18/h5,7-8,15,17H,4,6,9-14H2,1-3H3,(H,21,25). The molecule has 0 bridgehead atoms. The number of carbonyl (C=O) groups excluding carboxylic acids is 2. The van der Waals surface area contributed by atoms with Gasteiger partial charge < -0.3 is 15.0 Å². The van der Waals surface area contributed by atoms with Gasteiger partial charge in [-0.25, -0.2) is 0 Å². The molecule has 1 aliphatic heterocycles. The second-order valence-corrected chi connectivity index (χ2v) is 6.76. The van der Waals surface area contributed by atoms with Gasteiger partial charge in [0.1, 0.15) is 12.4 Å². The summed E-state index contributed by atoms with van der Waals surface area (Å²) in [5, 5.41) is 2.94. The van der Waals surface area contributed by atoms with Crippen LogP contribution in [0.25, 0.3) is 0 Å². The zero-order valence-electron chi connectivity index (χ0n) is 16.2. The van der Waals surface area contributed by atoms with E-state index in [2.05, 4.69) is 10.2 Å². The number of amides is 2. The molecule has 6 nitrogen and oxygen atoms in total. The maximum Gasteiger partial charge on any atom is 0.237 e. The lowest BCUT2D eigenvalue weighted by atomic mass is 10.2. The summed E-state index contributed by atoms with van der Waals surface area (Å²) in [6.45, 7) is 9.80. The van der Waals surface area contributed by atoms with Crippen LogP contribution in [0.1, 0.15) is 32.3 Å². The quantitative estimate of drug-likeness (QED) is 0.753. The summed E-state index contributed by atoms with van der Waals surface area (Å²) < 4.78 is 5.66. The number of aryl methyl sites for hydroxylation is 1. The van der Waals surface area contributed by atoms with Crippen molar-refractivity contribution in [1.29, 1.82) is 0 Å². The highest BCUT2D eigenvalue weighted by Gasteiger charge is 2.24. The molecule has 1 aromatic rings. The van der Waals surface area contributed by atoms with Crippen molar-refractivity contribution in [3.8, 4) is 5.75 Å². The highest BCUT2D eigenvalue weighted by Crippen LogP contribution is 2.12. The number of hydrogen-bond donors (Lipinski definition) is 1. The molecule has 1 atom stereocenters. The van der Waals surface area contributed by atoms with Gasteiger partial charge in [-0.1, -0.05) is 19.1 Å². The van der Waals surface area contributed by atoms with Crippen LogP contribution in [0.5, 0.6) is 5.75 Å². The molecule has 1 heterocycles. The Kier molecular flexibility index (Phi) is 7.91. The van der Waals surface area contributed by atoms with E-state index in [9.17, 15) is 9.59 Å². The smallest absolute Gasteiger partial charge is 0.237 e. The molecular formula is C20H31N3O3. The minimum absolute atomic E-state index is 0.00751. The van der Waals surface area contributed by atoms with Crippen LogP contribution >= 0.6 is 0 Å². The lowest BCUT2D eigenvalue weighted by molar-refractivity contribution is -0.130. The zero-order valence-corrected chi connectivity index (χ0v) is 16.2. The minimum atomic E-state index is -0.203. The van der Waals surface area contributed by atoms with E-state index in [1.54, 1.807) is 0 Å². The Bertz CT molecular complexity index is 606. The summed E-state index contributed by atoms with van der Waals surface area (Å²) in [6.07, 6.45) is 1.44. The van der Waals surface area contributed by atoms with Crippen LogP contribution in [-0.2, 0) is 9.59 Å². The molecule has 1 aromatic carbocycles. The zero-order chi connectivity index (χ0) is 18.9. The van der Waals surface area contributed by atoms with Gasteiger partial charge in [0, 0.05) is 32.6 Å². The van der Waals surface area contributed by atoms with Crippen LogP contribution < -0.4 is 10.1 Å². The number of ether oxygens (including phenoxy) is 1. The van der Waals surface area contributed by atoms with Crippen LogP contribution in [0.4, 0.5) is 0 Å². The molecule has 1 unspecified atom stereocenters. The van der Waals surface area contributed by atoms with Gasteiger partial charge in [-0.15, -0.1) is 0 Å². The molecule has 0 saturated carbocycles. The summed E-state index contributed by atoms with van der Waals surface area (Å²) in [5.41, 5.74) is 1.15. The molecule has 26 heavy (non-hydrogen) atoms. The Labute approximate surface area is 156 Å². The van der Waals surface area contributed by atoms with Crippen LogP contribution in [0.15, 0.2) is 24.3 Å². The number of carbonyl (C=O) groups is 2. The third-order valence-electron chi connectivity index (χ3n) is 4.77. The van der Waals surface area contributed by atoms with E-state index in [1.807, 2.05) is 49.9 Å². The fraction of sp³-hybridized carbons (Fsp3) is 0.600. The van der Waals surface area contributed by atoms with E-state index >= 15 is 0 Å². The van der Waals surface area contributed by atoms with Crippen molar-refractivity contribution >= 4 is 11.8 Å². The Morgan fingerprint density at radius 1 is 1.23 bits per heavy atom. The van der Waals surface area contributed by atoms with Gasteiger partial charge >= 0.3 is 0 Å². The molecule has 1 N–H and O–H groups in total. The monoisotopic (exact) mass is 361 g/mol. The van der Waals surface area contributed by atoms with Crippen molar-refractivity contribution < 1.29 is 14.3 Å². The topological polar surface area (TPSA) is 61.9 Å². The van der Waals surface area contributed by atoms with E-state index in [0.717, 1.165) is 37.4 Å². The first kappa shape index (κ1) is 20.2. The summed E-state index contributed by atoms with van der Waals surface area (Å²) in [7, 11) is 0. The molecule has 2 amide bonds. The second-order valence-electron chi connectivity index (χ2n) is 6.76. The normalized spacial score (nSPS) is 16.7. The largest absolute Gasteiger partial charge is 0.492 e. The van der Waals surface area contributed by atoms with Crippen LogP contribution in [0.2, 0.25) is 0 Å². The van der Waals surface area contributed by atoms with Crippen molar-refractivity contribution in [1.82, 2.24) is 15.1 Å². The summed E-state index contributed by atoms with van der Waals surface area (Å²) >= 11 is 0. The van der Waals surface area contributed by atoms with Gasteiger partial charge in [0.15, 0.2) is 0 Å². The molecule has 0 radical (unpaired) electrons. The third kappa shape index (κ3) is 6.02. The predicted octanol–water partition coefficient (Wildman–Crippen LogP) is 1.82. The number of nitrogens with zero attached hydrogens (tertiary/aromatic N) is 2. The summed E-state index contributed by atoms with van der Waals surface area (Å²) in [4.78, 5) is 28.3. The van der Waals surface area contributed by atoms with E-state index in [-0.39, 0.29) is 17.9 Å². The number of nitrogens with one attached hydrogen (secondary N) is 1. The first-order chi connectivity index (χ1) is 12.5. The van der Waals surface area contributed by atoms with Gasteiger partial charge in [-0.3, -0.25) is 14.5 Å². The fourth-order valence-electron chi connectivity index (χ4n) is 3.16. The molecule has 0 aliphatic carbocycles. The van der Waals surface area contributed by atoms with E-state index in [1.165, 1.54) is 0 Å². The van der Waals surface area contributed by atoms with Crippen LogP contribution in [0, 0.1) is 6.92 Å². The molecule has 2 rings (SSSR count). The number of rotatable bonds is 7. The lowest BCUT2D eigenvalue weighted by Crippen LogP contribution is -2.47.